The molecule has 0 aliphatic carbocycles. The molecule has 0 spiro atoms. The summed E-state index contributed by atoms with van der Waals surface area (Å²) >= 11 is 0. The fourth-order valence-electron chi connectivity index (χ4n) is 2.00. The zero-order valence-electron chi connectivity index (χ0n) is 11.4. The number of hydrogen-bond acceptors (Lipinski definition) is 3. The largest absolute Gasteiger partial charge is 0.494 e. The normalized spacial score (nSPS) is 10.7. The Morgan fingerprint density at radius 3 is 2.68 bits per heavy atom. The third-order valence-electron chi connectivity index (χ3n) is 3.01. The summed E-state index contributed by atoms with van der Waals surface area (Å²) in [7, 11) is 3.35. The van der Waals surface area contributed by atoms with Crippen molar-refractivity contribution in [3.8, 4) is 5.75 Å². The zero-order valence-corrected chi connectivity index (χ0v) is 11.4. The van der Waals surface area contributed by atoms with Crippen LogP contribution in [-0.4, -0.2) is 16.9 Å². The molecule has 1 aromatic heterocycles. The van der Waals surface area contributed by atoms with Gasteiger partial charge in [0.05, 0.1) is 12.8 Å². The zero-order chi connectivity index (χ0) is 13.8. The minimum absolute atomic E-state index is 0.275. The van der Waals surface area contributed by atoms with Crippen molar-refractivity contribution >= 4 is 0 Å². The maximum atomic E-state index is 13.9. The number of nitrogens with zero attached hydrogens (tertiary/aromatic N) is 2. The highest BCUT2D eigenvalue weighted by molar-refractivity contribution is 5.31. The lowest BCUT2D eigenvalue weighted by molar-refractivity contribution is 0.383. The van der Waals surface area contributed by atoms with Crippen molar-refractivity contribution in [3.05, 3.63) is 47.0 Å². The summed E-state index contributed by atoms with van der Waals surface area (Å²) in [6.07, 6.45) is 1.96. The van der Waals surface area contributed by atoms with Crippen molar-refractivity contribution in [1.29, 1.82) is 0 Å². The standard InChI is InChI=1S/C14H18FN3O/c1-10-12(9-18(2)17-10)8-16-7-11-5-4-6-13(19-3)14(11)15/h4-6,9,16H,7-8H2,1-3H3. The number of halogens is 1. The van der Waals surface area contributed by atoms with Crippen LogP contribution in [0.5, 0.6) is 5.75 Å². The molecule has 2 rings (SSSR count). The van der Waals surface area contributed by atoms with Crippen molar-refractivity contribution in [1.82, 2.24) is 15.1 Å². The van der Waals surface area contributed by atoms with Crippen LogP contribution in [-0.2, 0) is 20.1 Å². The number of methoxy groups -OCH3 is 1. The predicted octanol–water partition coefficient (Wildman–Crippen LogP) is 2.17. The maximum Gasteiger partial charge on any atom is 0.169 e. The molecule has 0 radical (unpaired) electrons. The molecule has 5 heteroatoms. The van der Waals surface area contributed by atoms with E-state index in [1.54, 1.807) is 22.9 Å². The topological polar surface area (TPSA) is 39.1 Å². The van der Waals surface area contributed by atoms with Gasteiger partial charge in [-0.05, 0) is 13.0 Å². The smallest absolute Gasteiger partial charge is 0.169 e. The summed E-state index contributed by atoms with van der Waals surface area (Å²) in [5.41, 5.74) is 2.70. The molecule has 0 unspecified atom stereocenters. The van der Waals surface area contributed by atoms with E-state index in [1.807, 2.05) is 20.2 Å². The summed E-state index contributed by atoms with van der Waals surface area (Å²) in [4.78, 5) is 0. The fraction of sp³-hybridized carbons (Fsp3) is 0.357. The van der Waals surface area contributed by atoms with Crippen molar-refractivity contribution < 1.29 is 9.13 Å². The first-order valence-corrected chi connectivity index (χ1v) is 6.13. The second-order valence-corrected chi connectivity index (χ2v) is 4.45. The number of aryl methyl sites for hydroxylation is 2. The third kappa shape index (κ3) is 3.12. The van der Waals surface area contributed by atoms with Crippen LogP contribution < -0.4 is 10.1 Å². The molecule has 2 aromatic rings. The highest BCUT2D eigenvalue weighted by atomic mass is 19.1. The van der Waals surface area contributed by atoms with E-state index in [0.29, 0.717) is 18.7 Å². The van der Waals surface area contributed by atoms with Gasteiger partial charge in [-0.1, -0.05) is 12.1 Å². The Hall–Kier alpha value is -1.88. The van der Waals surface area contributed by atoms with Gasteiger partial charge >= 0.3 is 0 Å². The van der Waals surface area contributed by atoms with Crippen molar-refractivity contribution in [2.24, 2.45) is 7.05 Å². The summed E-state index contributed by atoms with van der Waals surface area (Å²) in [5.74, 6) is -0.0303. The van der Waals surface area contributed by atoms with Gasteiger partial charge in [-0.3, -0.25) is 4.68 Å². The first kappa shape index (κ1) is 13.5. The molecule has 1 heterocycles. The number of rotatable bonds is 5. The molecule has 1 aromatic carbocycles. The summed E-state index contributed by atoms with van der Waals surface area (Å²) in [6, 6.07) is 5.15. The molecular weight excluding hydrogens is 245 g/mol. The number of hydrogen-bond donors (Lipinski definition) is 1. The van der Waals surface area contributed by atoms with Crippen LogP contribution >= 0.6 is 0 Å². The minimum atomic E-state index is -0.305. The molecule has 0 saturated heterocycles. The molecular formula is C14H18FN3O. The molecule has 0 aliphatic heterocycles. The van der Waals surface area contributed by atoms with Gasteiger partial charge < -0.3 is 10.1 Å². The number of aromatic nitrogens is 2. The van der Waals surface area contributed by atoms with Gasteiger partial charge in [-0.25, -0.2) is 4.39 Å². The predicted molar refractivity (Wildman–Crippen MR) is 71.4 cm³/mol. The van der Waals surface area contributed by atoms with Crippen LogP contribution in [0.3, 0.4) is 0 Å². The molecule has 0 aliphatic rings. The molecule has 102 valence electrons. The van der Waals surface area contributed by atoms with Gasteiger partial charge in [0, 0.05) is 37.5 Å². The number of benzene rings is 1. The van der Waals surface area contributed by atoms with E-state index in [0.717, 1.165) is 11.3 Å². The van der Waals surface area contributed by atoms with E-state index in [9.17, 15) is 4.39 Å². The SMILES string of the molecule is COc1cccc(CNCc2cn(C)nc2C)c1F. The third-order valence-corrected chi connectivity index (χ3v) is 3.01. The maximum absolute atomic E-state index is 13.9. The lowest BCUT2D eigenvalue weighted by Gasteiger charge is -2.08. The monoisotopic (exact) mass is 263 g/mol. The molecule has 0 fully saturated rings. The van der Waals surface area contributed by atoms with Gasteiger partial charge in [-0.2, -0.15) is 5.10 Å². The van der Waals surface area contributed by atoms with Gasteiger partial charge in [-0.15, -0.1) is 0 Å². The Bertz CT molecular complexity index is 566. The van der Waals surface area contributed by atoms with Crippen LogP contribution in [0, 0.1) is 12.7 Å². The van der Waals surface area contributed by atoms with Gasteiger partial charge in [0.1, 0.15) is 0 Å². The fourth-order valence-corrected chi connectivity index (χ4v) is 2.00. The van der Waals surface area contributed by atoms with Crippen LogP contribution in [0.25, 0.3) is 0 Å². The molecule has 0 amide bonds. The minimum Gasteiger partial charge on any atom is -0.494 e. The highest BCUT2D eigenvalue weighted by Gasteiger charge is 2.08. The van der Waals surface area contributed by atoms with Gasteiger partial charge in [0.25, 0.3) is 0 Å². The molecule has 4 nitrogen and oxygen atoms in total. The number of nitrogens with one attached hydrogen (secondary N) is 1. The first-order chi connectivity index (χ1) is 9.11. The Kier molecular flexibility index (Phi) is 4.16. The van der Waals surface area contributed by atoms with E-state index in [4.69, 9.17) is 4.74 Å². The van der Waals surface area contributed by atoms with Crippen LogP contribution in [0.15, 0.2) is 24.4 Å². The van der Waals surface area contributed by atoms with E-state index in [2.05, 4.69) is 10.4 Å². The Morgan fingerprint density at radius 2 is 2.05 bits per heavy atom. The van der Waals surface area contributed by atoms with E-state index >= 15 is 0 Å². The number of ether oxygens (including phenoxy) is 1. The Labute approximate surface area is 112 Å². The molecule has 0 bridgehead atoms. The lowest BCUT2D eigenvalue weighted by atomic mass is 10.2. The average molecular weight is 263 g/mol. The summed E-state index contributed by atoms with van der Waals surface area (Å²) in [6.45, 7) is 3.08. The summed E-state index contributed by atoms with van der Waals surface area (Å²) in [5, 5.41) is 7.48. The molecule has 19 heavy (non-hydrogen) atoms. The van der Waals surface area contributed by atoms with Crippen molar-refractivity contribution in [2.75, 3.05) is 7.11 Å². The average Bonchev–Trinajstić information content (AvgIpc) is 2.70. The van der Waals surface area contributed by atoms with Crippen LogP contribution in [0.2, 0.25) is 0 Å². The summed E-state index contributed by atoms with van der Waals surface area (Å²) < 4.78 is 20.6. The lowest BCUT2D eigenvalue weighted by Crippen LogP contribution is -2.14. The van der Waals surface area contributed by atoms with E-state index in [1.165, 1.54) is 7.11 Å². The quantitative estimate of drug-likeness (QED) is 0.898. The van der Waals surface area contributed by atoms with Crippen LogP contribution in [0.1, 0.15) is 16.8 Å². The first-order valence-electron chi connectivity index (χ1n) is 6.13. The van der Waals surface area contributed by atoms with Crippen molar-refractivity contribution in [2.45, 2.75) is 20.0 Å². The van der Waals surface area contributed by atoms with E-state index in [-0.39, 0.29) is 11.6 Å². The second kappa shape index (κ2) is 5.84. The van der Waals surface area contributed by atoms with Crippen LogP contribution in [0.4, 0.5) is 4.39 Å². The van der Waals surface area contributed by atoms with E-state index < -0.39 is 0 Å². The van der Waals surface area contributed by atoms with Crippen molar-refractivity contribution in [3.63, 3.8) is 0 Å². The van der Waals surface area contributed by atoms with Gasteiger partial charge in [0.15, 0.2) is 11.6 Å². The van der Waals surface area contributed by atoms with Gasteiger partial charge in [0.2, 0.25) is 0 Å². The molecule has 1 N–H and O–H groups in total. The Morgan fingerprint density at radius 1 is 1.32 bits per heavy atom. The molecule has 0 atom stereocenters. The molecule has 0 saturated carbocycles. The highest BCUT2D eigenvalue weighted by Crippen LogP contribution is 2.19. The Balaban J connectivity index is 1.98. The second-order valence-electron chi connectivity index (χ2n) is 4.45.